The molecule has 0 fully saturated rings. The van der Waals surface area contributed by atoms with Crippen LogP contribution in [0.25, 0.3) is 0 Å². The van der Waals surface area contributed by atoms with Gasteiger partial charge in [0.05, 0.1) is 10.7 Å². The van der Waals surface area contributed by atoms with E-state index >= 15 is 0 Å². The van der Waals surface area contributed by atoms with Crippen molar-refractivity contribution >= 4 is 29.2 Å². The summed E-state index contributed by atoms with van der Waals surface area (Å²) in [7, 11) is 0. The Balaban J connectivity index is 2.89. The zero-order valence-corrected chi connectivity index (χ0v) is 9.24. The Morgan fingerprint density at radius 1 is 1.44 bits per heavy atom. The van der Waals surface area contributed by atoms with Crippen molar-refractivity contribution in [1.82, 2.24) is 5.32 Å². The van der Waals surface area contributed by atoms with Crippen LogP contribution in [0.15, 0.2) is 12.1 Å². The van der Waals surface area contributed by atoms with Crippen molar-refractivity contribution in [2.24, 2.45) is 5.73 Å². The molecule has 1 aromatic carbocycles. The number of guanidine groups is 2. The molecule has 0 spiro atoms. The van der Waals surface area contributed by atoms with Gasteiger partial charge in [-0.25, -0.2) is 4.39 Å². The number of rotatable bonds is 1. The molecule has 1 rings (SSSR count). The van der Waals surface area contributed by atoms with Gasteiger partial charge in [0.2, 0.25) is 0 Å². The second-order valence-corrected chi connectivity index (χ2v) is 3.53. The van der Waals surface area contributed by atoms with Gasteiger partial charge >= 0.3 is 0 Å². The zero-order valence-electron chi connectivity index (χ0n) is 8.49. The number of halogens is 2. The Bertz CT molecular complexity index is 423. The molecule has 0 unspecified atom stereocenters. The van der Waals surface area contributed by atoms with Crippen molar-refractivity contribution in [3.8, 4) is 0 Å². The predicted molar refractivity (Wildman–Crippen MR) is 62.5 cm³/mol. The molecule has 16 heavy (non-hydrogen) atoms. The van der Waals surface area contributed by atoms with Crippen LogP contribution < -0.4 is 16.4 Å². The van der Waals surface area contributed by atoms with E-state index in [4.69, 9.17) is 28.2 Å². The van der Waals surface area contributed by atoms with E-state index in [0.29, 0.717) is 11.3 Å². The number of hydrogen-bond donors (Lipinski definition) is 5. The van der Waals surface area contributed by atoms with Gasteiger partial charge in [-0.1, -0.05) is 11.6 Å². The molecule has 0 aliphatic carbocycles. The average Bonchev–Trinajstić information content (AvgIpc) is 2.09. The Morgan fingerprint density at radius 3 is 2.56 bits per heavy atom. The van der Waals surface area contributed by atoms with Gasteiger partial charge in [0, 0.05) is 0 Å². The van der Waals surface area contributed by atoms with Crippen molar-refractivity contribution in [3.05, 3.63) is 28.5 Å². The van der Waals surface area contributed by atoms with Crippen LogP contribution >= 0.6 is 11.6 Å². The molecule has 0 aromatic heterocycles. The van der Waals surface area contributed by atoms with E-state index in [1.54, 1.807) is 6.92 Å². The van der Waals surface area contributed by atoms with E-state index in [-0.39, 0.29) is 16.9 Å². The number of anilines is 1. The highest BCUT2D eigenvalue weighted by Gasteiger charge is 2.08. The first kappa shape index (κ1) is 12.3. The molecule has 0 radical (unpaired) electrons. The van der Waals surface area contributed by atoms with E-state index in [2.05, 4.69) is 10.6 Å². The monoisotopic (exact) mass is 243 g/mol. The standard InChI is InChI=1S/C9H11ClFN5/c1-4-2-5(11)3-6(10)7(4)15-9(14)16-8(12)13/h2-3H,1H3,(H6,12,13,14,15,16). The summed E-state index contributed by atoms with van der Waals surface area (Å²) < 4.78 is 12.9. The fraction of sp³-hybridized carbons (Fsp3) is 0.111. The molecule has 0 saturated carbocycles. The highest BCUT2D eigenvalue weighted by molar-refractivity contribution is 6.34. The molecular weight excluding hydrogens is 233 g/mol. The second-order valence-electron chi connectivity index (χ2n) is 3.12. The van der Waals surface area contributed by atoms with Gasteiger partial charge in [0.1, 0.15) is 5.82 Å². The maximum absolute atomic E-state index is 12.9. The Kier molecular flexibility index (Phi) is 3.68. The fourth-order valence-corrected chi connectivity index (χ4v) is 1.45. The summed E-state index contributed by atoms with van der Waals surface area (Å²) in [5.74, 6) is -1.02. The van der Waals surface area contributed by atoms with E-state index in [0.717, 1.165) is 6.07 Å². The normalized spacial score (nSPS) is 9.69. The van der Waals surface area contributed by atoms with Crippen LogP contribution in [0.1, 0.15) is 5.56 Å². The van der Waals surface area contributed by atoms with Crippen molar-refractivity contribution in [2.75, 3.05) is 5.32 Å². The number of hydrogen-bond acceptors (Lipinski definition) is 2. The minimum atomic E-state index is -0.445. The minimum Gasteiger partial charge on any atom is -0.370 e. The van der Waals surface area contributed by atoms with Crippen LogP contribution in [0, 0.1) is 23.6 Å². The third-order valence-corrected chi connectivity index (χ3v) is 2.06. The molecule has 1 aromatic rings. The Morgan fingerprint density at radius 2 is 2.06 bits per heavy atom. The molecule has 5 nitrogen and oxygen atoms in total. The molecule has 0 bridgehead atoms. The highest BCUT2D eigenvalue weighted by atomic mass is 35.5. The molecule has 0 amide bonds. The van der Waals surface area contributed by atoms with Crippen LogP contribution in [0.3, 0.4) is 0 Å². The van der Waals surface area contributed by atoms with Crippen LogP contribution in [-0.4, -0.2) is 11.9 Å². The lowest BCUT2D eigenvalue weighted by atomic mass is 10.2. The molecular formula is C9H11ClFN5. The third-order valence-electron chi connectivity index (χ3n) is 1.76. The quantitative estimate of drug-likeness (QED) is 0.383. The SMILES string of the molecule is Cc1cc(F)cc(Cl)c1NC(=N)NC(=N)N. The number of aryl methyl sites for hydroxylation is 1. The molecule has 7 heteroatoms. The van der Waals surface area contributed by atoms with Gasteiger partial charge in [-0.3, -0.25) is 16.1 Å². The first-order valence-corrected chi connectivity index (χ1v) is 4.70. The predicted octanol–water partition coefficient (Wildman–Crippen LogP) is 1.62. The molecule has 0 aliphatic heterocycles. The van der Waals surface area contributed by atoms with Crippen LogP contribution in [0.5, 0.6) is 0 Å². The average molecular weight is 244 g/mol. The summed E-state index contributed by atoms with van der Waals surface area (Å²) in [4.78, 5) is 0. The number of nitrogens with two attached hydrogens (primary N) is 1. The maximum Gasteiger partial charge on any atom is 0.199 e. The van der Waals surface area contributed by atoms with E-state index < -0.39 is 5.82 Å². The molecule has 0 aliphatic rings. The van der Waals surface area contributed by atoms with Crippen molar-refractivity contribution in [3.63, 3.8) is 0 Å². The van der Waals surface area contributed by atoms with Crippen LogP contribution in [0.4, 0.5) is 10.1 Å². The maximum atomic E-state index is 12.9. The van der Waals surface area contributed by atoms with Gasteiger partial charge in [-0.15, -0.1) is 0 Å². The minimum absolute atomic E-state index is 0.160. The molecule has 86 valence electrons. The van der Waals surface area contributed by atoms with Gasteiger partial charge in [0.15, 0.2) is 11.9 Å². The van der Waals surface area contributed by atoms with Crippen LogP contribution in [0.2, 0.25) is 5.02 Å². The van der Waals surface area contributed by atoms with Gasteiger partial charge in [0.25, 0.3) is 0 Å². The summed E-state index contributed by atoms with van der Waals surface area (Å²) in [6.45, 7) is 1.65. The third kappa shape index (κ3) is 3.09. The molecule has 6 N–H and O–H groups in total. The van der Waals surface area contributed by atoms with E-state index in [1.165, 1.54) is 6.07 Å². The first-order chi connectivity index (χ1) is 7.40. The number of nitrogens with one attached hydrogen (secondary N) is 4. The lowest BCUT2D eigenvalue weighted by molar-refractivity contribution is 0.627. The largest absolute Gasteiger partial charge is 0.370 e. The smallest absolute Gasteiger partial charge is 0.199 e. The Hall–Kier alpha value is -1.82. The summed E-state index contributed by atoms with van der Waals surface area (Å²) in [5.41, 5.74) is 6.01. The lowest BCUT2D eigenvalue weighted by Gasteiger charge is -2.12. The first-order valence-electron chi connectivity index (χ1n) is 4.32. The summed E-state index contributed by atoms with van der Waals surface area (Å²) in [6.07, 6.45) is 0. The van der Waals surface area contributed by atoms with Crippen LogP contribution in [-0.2, 0) is 0 Å². The zero-order chi connectivity index (χ0) is 12.3. The van der Waals surface area contributed by atoms with Gasteiger partial charge in [-0.05, 0) is 24.6 Å². The molecule has 0 saturated heterocycles. The fourth-order valence-electron chi connectivity index (χ4n) is 1.15. The summed E-state index contributed by atoms with van der Waals surface area (Å²) in [6, 6.07) is 2.42. The highest BCUT2D eigenvalue weighted by Crippen LogP contribution is 2.26. The van der Waals surface area contributed by atoms with Crippen molar-refractivity contribution < 1.29 is 4.39 Å². The summed E-state index contributed by atoms with van der Waals surface area (Å²) >= 11 is 5.80. The second kappa shape index (κ2) is 4.80. The van der Waals surface area contributed by atoms with E-state index in [1.807, 2.05) is 0 Å². The number of benzene rings is 1. The Labute approximate surface area is 96.8 Å². The van der Waals surface area contributed by atoms with E-state index in [9.17, 15) is 4.39 Å². The lowest BCUT2D eigenvalue weighted by Crippen LogP contribution is -2.39. The molecule has 0 atom stereocenters. The van der Waals surface area contributed by atoms with Crippen molar-refractivity contribution in [1.29, 1.82) is 10.8 Å². The molecule has 0 heterocycles. The van der Waals surface area contributed by atoms with Gasteiger partial charge < -0.3 is 11.1 Å². The van der Waals surface area contributed by atoms with Gasteiger partial charge in [-0.2, -0.15) is 0 Å². The topological polar surface area (TPSA) is 97.8 Å². The summed E-state index contributed by atoms with van der Waals surface area (Å²) in [5, 5.41) is 19.3. The van der Waals surface area contributed by atoms with Crippen molar-refractivity contribution in [2.45, 2.75) is 6.92 Å².